The Balaban J connectivity index is 1.68. The van der Waals surface area contributed by atoms with Crippen LogP contribution in [-0.2, 0) is 6.42 Å². The van der Waals surface area contributed by atoms with Crippen molar-refractivity contribution in [3.8, 4) is 0 Å². The number of nitrogens with one attached hydrogen (secondary N) is 1. The van der Waals surface area contributed by atoms with Gasteiger partial charge in [0.05, 0.1) is 0 Å². The summed E-state index contributed by atoms with van der Waals surface area (Å²) in [5.74, 6) is 0. The fourth-order valence-electron chi connectivity index (χ4n) is 2.75. The number of hydrogen-bond acceptors (Lipinski definition) is 3. The molecule has 1 fully saturated rings. The van der Waals surface area contributed by atoms with Crippen molar-refractivity contribution in [2.24, 2.45) is 0 Å². The first-order valence-electron chi connectivity index (χ1n) is 6.89. The average molecular weight is 272 g/mol. The van der Waals surface area contributed by atoms with Gasteiger partial charge in [0.25, 0.3) is 0 Å². The molecule has 1 aromatic heterocycles. The summed E-state index contributed by atoms with van der Waals surface area (Å²) in [7, 11) is 0. The molecule has 3 rings (SSSR count). The minimum Gasteiger partial charge on any atom is -0.365 e. The Hall–Kier alpha value is -1.32. The second kappa shape index (κ2) is 5.76. The van der Waals surface area contributed by atoms with Crippen molar-refractivity contribution < 1.29 is 0 Å². The van der Waals surface area contributed by atoms with Crippen LogP contribution in [0.25, 0.3) is 0 Å². The number of rotatable bonds is 3. The Labute approximate surface area is 119 Å². The van der Waals surface area contributed by atoms with E-state index in [1.165, 1.54) is 11.3 Å². The third kappa shape index (κ3) is 2.99. The smallest absolute Gasteiger partial charge is 0.0478 e. The lowest BCUT2D eigenvalue weighted by Gasteiger charge is -2.40. The molecule has 1 aromatic carbocycles. The topological polar surface area (TPSA) is 15.3 Å². The molecule has 1 N–H and O–H groups in total. The molecule has 0 saturated carbocycles. The van der Waals surface area contributed by atoms with Gasteiger partial charge in [-0.3, -0.25) is 0 Å². The lowest BCUT2D eigenvalue weighted by atomic mass is 10.0. The molecule has 0 radical (unpaired) electrons. The van der Waals surface area contributed by atoms with Crippen molar-refractivity contribution in [2.75, 3.05) is 18.0 Å². The predicted octanol–water partition coefficient (Wildman–Crippen LogP) is 3.16. The van der Waals surface area contributed by atoms with Crippen LogP contribution in [0.2, 0.25) is 0 Å². The van der Waals surface area contributed by atoms with Crippen LogP contribution >= 0.6 is 11.3 Å². The fourth-order valence-corrected chi connectivity index (χ4v) is 3.40. The van der Waals surface area contributed by atoms with Crippen molar-refractivity contribution in [1.29, 1.82) is 0 Å². The van der Waals surface area contributed by atoms with E-state index in [4.69, 9.17) is 0 Å². The molecule has 1 aliphatic rings. The highest BCUT2D eigenvalue weighted by molar-refractivity contribution is 7.08. The van der Waals surface area contributed by atoms with E-state index >= 15 is 0 Å². The summed E-state index contributed by atoms with van der Waals surface area (Å²) >= 11 is 1.78. The zero-order valence-electron chi connectivity index (χ0n) is 11.3. The van der Waals surface area contributed by atoms with Crippen LogP contribution in [0.5, 0.6) is 0 Å². The first-order chi connectivity index (χ1) is 9.33. The van der Waals surface area contributed by atoms with Crippen molar-refractivity contribution >= 4 is 17.0 Å². The van der Waals surface area contributed by atoms with Crippen LogP contribution in [0, 0.1) is 0 Å². The molecule has 2 unspecified atom stereocenters. The molecule has 0 bridgehead atoms. The zero-order chi connectivity index (χ0) is 13.1. The molecule has 0 spiro atoms. The van der Waals surface area contributed by atoms with Gasteiger partial charge in [-0.05, 0) is 30.4 Å². The summed E-state index contributed by atoms with van der Waals surface area (Å²) in [4.78, 5) is 2.53. The van der Waals surface area contributed by atoms with Gasteiger partial charge in [-0.25, -0.2) is 0 Å². The van der Waals surface area contributed by atoms with E-state index in [9.17, 15) is 0 Å². The van der Waals surface area contributed by atoms with E-state index < -0.39 is 0 Å². The maximum Gasteiger partial charge on any atom is 0.0478 e. The minimum absolute atomic E-state index is 0.540. The van der Waals surface area contributed by atoms with Crippen molar-refractivity contribution in [1.82, 2.24) is 5.32 Å². The Bertz CT molecular complexity index is 495. The van der Waals surface area contributed by atoms with Crippen LogP contribution in [0.15, 0.2) is 47.2 Å². The average Bonchev–Trinajstić information content (AvgIpc) is 2.96. The minimum atomic E-state index is 0.540. The van der Waals surface area contributed by atoms with Gasteiger partial charge in [0.1, 0.15) is 0 Å². The Morgan fingerprint density at radius 2 is 2.11 bits per heavy atom. The first kappa shape index (κ1) is 12.7. The Kier molecular flexibility index (Phi) is 3.85. The molecule has 1 saturated heterocycles. The molecule has 0 amide bonds. The second-order valence-corrected chi connectivity index (χ2v) is 6.06. The summed E-state index contributed by atoms with van der Waals surface area (Å²) in [6, 6.07) is 14.1. The van der Waals surface area contributed by atoms with Gasteiger partial charge in [0.15, 0.2) is 0 Å². The van der Waals surface area contributed by atoms with E-state index in [0.717, 1.165) is 19.5 Å². The standard InChI is InChI=1S/C16H20N2S/c1-13-10-17-15(9-14-5-3-2-4-6-14)11-18(13)16-7-8-19-12-16/h2-8,12-13,15,17H,9-11H2,1H3. The van der Waals surface area contributed by atoms with E-state index in [-0.39, 0.29) is 0 Å². The van der Waals surface area contributed by atoms with Crippen LogP contribution < -0.4 is 10.2 Å². The number of hydrogen-bond donors (Lipinski definition) is 1. The van der Waals surface area contributed by atoms with Crippen molar-refractivity contribution in [3.05, 3.63) is 52.7 Å². The van der Waals surface area contributed by atoms with E-state index in [2.05, 4.69) is 64.3 Å². The first-order valence-corrected chi connectivity index (χ1v) is 7.83. The molecule has 2 nitrogen and oxygen atoms in total. The lowest BCUT2D eigenvalue weighted by Crippen LogP contribution is -2.56. The monoisotopic (exact) mass is 272 g/mol. The van der Waals surface area contributed by atoms with Crippen LogP contribution in [0.3, 0.4) is 0 Å². The molecule has 19 heavy (non-hydrogen) atoms. The van der Waals surface area contributed by atoms with Crippen molar-refractivity contribution in [2.45, 2.75) is 25.4 Å². The molecule has 2 aromatic rings. The fraction of sp³-hybridized carbons (Fsp3) is 0.375. The summed E-state index contributed by atoms with van der Waals surface area (Å²) in [6.45, 7) is 4.45. The predicted molar refractivity (Wildman–Crippen MR) is 83.1 cm³/mol. The van der Waals surface area contributed by atoms with Crippen LogP contribution in [0.4, 0.5) is 5.69 Å². The molecule has 3 heteroatoms. The highest BCUT2D eigenvalue weighted by Crippen LogP contribution is 2.23. The molecule has 0 aliphatic carbocycles. The number of anilines is 1. The third-order valence-electron chi connectivity index (χ3n) is 3.81. The summed E-state index contributed by atoms with van der Waals surface area (Å²) in [5, 5.41) is 8.09. The van der Waals surface area contributed by atoms with Gasteiger partial charge in [-0.2, -0.15) is 11.3 Å². The normalized spacial score (nSPS) is 23.5. The van der Waals surface area contributed by atoms with Crippen LogP contribution in [-0.4, -0.2) is 25.2 Å². The summed E-state index contributed by atoms with van der Waals surface area (Å²) < 4.78 is 0. The summed E-state index contributed by atoms with van der Waals surface area (Å²) in [5.41, 5.74) is 2.79. The number of nitrogens with zero attached hydrogens (tertiary/aromatic N) is 1. The number of thiophene rings is 1. The molecule has 100 valence electrons. The van der Waals surface area contributed by atoms with Gasteiger partial charge in [0.2, 0.25) is 0 Å². The SMILES string of the molecule is CC1CNC(Cc2ccccc2)CN1c1ccsc1. The lowest BCUT2D eigenvalue weighted by molar-refractivity contribution is 0.403. The highest BCUT2D eigenvalue weighted by Gasteiger charge is 2.25. The van der Waals surface area contributed by atoms with E-state index in [0.29, 0.717) is 12.1 Å². The second-order valence-electron chi connectivity index (χ2n) is 5.28. The Morgan fingerprint density at radius 3 is 2.84 bits per heavy atom. The van der Waals surface area contributed by atoms with Gasteiger partial charge in [-0.1, -0.05) is 30.3 Å². The van der Waals surface area contributed by atoms with Gasteiger partial charge < -0.3 is 10.2 Å². The maximum absolute atomic E-state index is 3.67. The third-order valence-corrected chi connectivity index (χ3v) is 4.48. The molecule has 2 atom stereocenters. The van der Waals surface area contributed by atoms with E-state index in [1.807, 2.05) is 0 Å². The number of benzene rings is 1. The van der Waals surface area contributed by atoms with Crippen LogP contribution in [0.1, 0.15) is 12.5 Å². The van der Waals surface area contributed by atoms with Gasteiger partial charge in [-0.15, -0.1) is 0 Å². The largest absolute Gasteiger partial charge is 0.365 e. The van der Waals surface area contributed by atoms with E-state index in [1.54, 1.807) is 11.3 Å². The van der Waals surface area contributed by atoms with Crippen molar-refractivity contribution in [3.63, 3.8) is 0 Å². The molecule has 2 heterocycles. The number of piperazine rings is 1. The zero-order valence-corrected chi connectivity index (χ0v) is 12.1. The quantitative estimate of drug-likeness (QED) is 0.923. The van der Waals surface area contributed by atoms with Gasteiger partial charge >= 0.3 is 0 Å². The maximum atomic E-state index is 3.67. The Morgan fingerprint density at radius 1 is 1.26 bits per heavy atom. The molecular weight excluding hydrogens is 252 g/mol. The molecular formula is C16H20N2S. The van der Waals surface area contributed by atoms with Gasteiger partial charge in [0, 0.05) is 36.2 Å². The molecule has 1 aliphatic heterocycles. The highest BCUT2D eigenvalue weighted by atomic mass is 32.1. The summed E-state index contributed by atoms with van der Waals surface area (Å²) in [6.07, 6.45) is 1.11.